The summed E-state index contributed by atoms with van der Waals surface area (Å²) in [6, 6.07) is 10.8. The van der Waals surface area contributed by atoms with Gasteiger partial charge in [0.1, 0.15) is 0 Å². The monoisotopic (exact) mass is 349 g/mol. The summed E-state index contributed by atoms with van der Waals surface area (Å²) in [6.07, 6.45) is 0. The molecule has 0 aliphatic rings. The molecule has 1 amide bonds. The molecule has 0 atom stereocenters. The Labute approximate surface area is 138 Å². The van der Waals surface area contributed by atoms with E-state index >= 15 is 0 Å². The molecule has 0 aromatic heterocycles. The van der Waals surface area contributed by atoms with Crippen LogP contribution in [0, 0.1) is 10.1 Å². The average Bonchev–Trinajstić information content (AvgIpc) is 2.54. The number of hydrogen-bond donors (Lipinski definition) is 1. The minimum absolute atomic E-state index is 0.0852. The van der Waals surface area contributed by atoms with E-state index in [1.54, 1.807) is 19.2 Å². The Balaban J connectivity index is 2.19. The summed E-state index contributed by atoms with van der Waals surface area (Å²) in [7, 11) is -2.25. The Bertz CT molecular complexity index is 861. The summed E-state index contributed by atoms with van der Waals surface area (Å²) >= 11 is 0. The first kappa shape index (κ1) is 17.4. The number of nitro groups is 1. The van der Waals surface area contributed by atoms with E-state index < -0.39 is 14.9 Å². The van der Waals surface area contributed by atoms with Crippen LogP contribution in [0.25, 0.3) is 0 Å². The Morgan fingerprint density at radius 1 is 1.08 bits per heavy atom. The largest absolute Gasteiger partial charge is 0.316 e. The van der Waals surface area contributed by atoms with Crippen LogP contribution in [-0.4, -0.2) is 26.3 Å². The molecule has 0 saturated carbocycles. The van der Waals surface area contributed by atoms with E-state index in [0.29, 0.717) is 11.4 Å². The first-order chi connectivity index (χ1) is 11.2. The number of benzene rings is 2. The predicted molar refractivity (Wildman–Crippen MR) is 89.4 cm³/mol. The average molecular weight is 349 g/mol. The number of carbonyl (C=O) groups is 1. The van der Waals surface area contributed by atoms with Crippen LogP contribution in [0.1, 0.15) is 6.92 Å². The highest BCUT2D eigenvalue weighted by molar-refractivity contribution is 7.92. The van der Waals surface area contributed by atoms with Crippen molar-refractivity contribution < 1.29 is 18.1 Å². The van der Waals surface area contributed by atoms with E-state index in [1.165, 1.54) is 36.1 Å². The second-order valence-corrected chi connectivity index (χ2v) is 6.66. The molecule has 0 aliphatic carbocycles. The molecule has 0 heterocycles. The van der Waals surface area contributed by atoms with E-state index in [-0.39, 0.29) is 16.5 Å². The number of carbonyl (C=O) groups excluding carboxylic acids is 1. The summed E-state index contributed by atoms with van der Waals surface area (Å²) in [4.78, 5) is 22.6. The lowest BCUT2D eigenvalue weighted by Gasteiger charge is -2.15. The maximum absolute atomic E-state index is 12.3. The van der Waals surface area contributed by atoms with Crippen LogP contribution in [0.4, 0.5) is 17.1 Å². The van der Waals surface area contributed by atoms with Crippen LogP contribution >= 0.6 is 0 Å². The third kappa shape index (κ3) is 3.87. The zero-order valence-electron chi connectivity index (χ0n) is 13.0. The summed E-state index contributed by atoms with van der Waals surface area (Å²) in [5.74, 6) is -0.144. The van der Waals surface area contributed by atoms with Crippen LogP contribution < -0.4 is 9.62 Å². The van der Waals surface area contributed by atoms with Crippen molar-refractivity contribution in [3.05, 3.63) is 58.6 Å². The first-order valence-electron chi connectivity index (χ1n) is 6.82. The van der Waals surface area contributed by atoms with Gasteiger partial charge in [0, 0.05) is 37.5 Å². The number of sulfonamides is 1. The van der Waals surface area contributed by atoms with Gasteiger partial charge in [-0.1, -0.05) is 0 Å². The molecule has 1 N–H and O–H groups in total. The molecule has 0 radical (unpaired) electrons. The molecule has 126 valence electrons. The summed E-state index contributed by atoms with van der Waals surface area (Å²) in [5, 5.41) is 10.6. The lowest BCUT2D eigenvalue weighted by atomic mass is 10.2. The zero-order chi connectivity index (χ0) is 17.9. The third-order valence-corrected chi connectivity index (χ3v) is 4.73. The van der Waals surface area contributed by atoms with Crippen molar-refractivity contribution in [3.63, 3.8) is 0 Å². The van der Waals surface area contributed by atoms with Gasteiger partial charge in [0.05, 0.1) is 9.82 Å². The number of nitrogens with one attached hydrogen (secondary N) is 1. The number of rotatable bonds is 5. The first-order valence-corrected chi connectivity index (χ1v) is 8.30. The molecule has 2 rings (SSSR count). The fraction of sp³-hybridized carbons (Fsp3) is 0.133. The van der Waals surface area contributed by atoms with E-state index in [2.05, 4.69) is 4.72 Å². The van der Waals surface area contributed by atoms with E-state index in [4.69, 9.17) is 0 Å². The minimum Gasteiger partial charge on any atom is -0.316 e. The number of hydrogen-bond acceptors (Lipinski definition) is 5. The quantitative estimate of drug-likeness (QED) is 0.658. The normalized spacial score (nSPS) is 10.9. The van der Waals surface area contributed by atoms with Crippen LogP contribution in [0.2, 0.25) is 0 Å². The number of anilines is 2. The molecule has 2 aromatic rings. The number of nitrogens with zero attached hydrogens (tertiary/aromatic N) is 2. The molecule has 0 unspecified atom stereocenters. The maximum Gasteiger partial charge on any atom is 0.269 e. The van der Waals surface area contributed by atoms with Gasteiger partial charge < -0.3 is 4.90 Å². The van der Waals surface area contributed by atoms with E-state index in [9.17, 15) is 23.3 Å². The molecule has 0 saturated heterocycles. The van der Waals surface area contributed by atoms with Gasteiger partial charge in [0.25, 0.3) is 15.7 Å². The van der Waals surface area contributed by atoms with Crippen molar-refractivity contribution >= 4 is 33.0 Å². The Hall–Kier alpha value is -2.94. The summed E-state index contributed by atoms with van der Waals surface area (Å²) in [5.41, 5.74) is 0.750. The van der Waals surface area contributed by atoms with Crippen molar-refractivity contribution in [2.45, 2.75) is 11.8 Å². The molecular formula is C15H15N3O5S. The van der Waals surface area contributed by atoms with Crippen molar-refractivity contribution in [2.75, 3.05) is 16.7 Å². The van der Waals surface area contributed by atoms with Gasteiger partial charge in [-0.3, -0.25) is 19.6 Å². The maximum atomic E-state index is 12.3. The minimum atomic E-state index is -3.86. The SMILES string of the molecule is CC(=O)N(C)c1ccc(NS(=O)(=O)c2ccc([N+](=O)[O-])cc2)cc1. The van der Waals surface area contributed by atoms with Crippen molar-refractivity contribution in [3.8, 4) is 0 Å². The molecule has 24 heavy (non-hydrogen) atoms. The van der Waals surface area contributed by atoms with E-state index in [1.807, 2.05) is 0 Å². The predicted octanol–water partition coefficient (Wildman–Crippen LogP) is 2.38. The summed E-state index contributed by atoms with van der Waals surface area (Å²) < 4.78 is 26.9. The van der Waals surface area contributed by atoms with Crippen LogP contribution in [0.5, 0.6) is 0 Å². The molecule has 0 bridgehead atoms. The van der Waals surface area contributed by atoms with Gasteiger partial charge in [-0.05, 0) is 36.4 Å². The molecule has 8 nitrogen and oxygen atoms in total. The number of non-ortho nitro benzene ring substituents is 1. The molecule has 0 spiro atoms. The van der Waals surface area contributed by atoms with Gasteiger partial charge in [0.2, 0.25) is 5.91 Å². The van der Waals surface area contributed by atoms with Crippen molar-refractivity contribution in [2.24, 2.45) is 0 Å². The molecule has 9 heteroatoms. The molecule has 0 fully saturated rings. The van der Waals surface area contributed by atoms with Gasteiger partial charge >= 0.3 is 0 Å². The number of amides is 1. The highest BCUT2D eigenvalue weighted by atomic mass is 32.2. The topological polar surface area (TPSA) is 110 Å². The Kier molecular flexibility index (Phi) is 4.84. The smallest absolute Gasteiger partial charge is 0.269 e. The molecule has 0 aliphatic heterocycles. The lowest BCUT2D eigenvalue weighted by Crippen LogP contribution is -2.22. The fourth-order valence-corrected chi connectivity index (χ4v) is 2.95. The van der Waals surface area contributed by atoms with E-state index in [0.717, 1.165) is 12.1 Å². The second kappa shape index (κ2) is 6.67. The fourth-order valence-electron chi connectivity index (χ4n) is 1.90. The van der Waals surface area contributed by atoms with Gasteiger partial charge in [-0.15, -0.1) is 0 Å². The van der Waals surface area contributed by atoms with Crippen molar-refractivity contribution in [1.29, 1.82) is 0 Å². The second-order valence-electron chi connectivity index (χ2n) is 4.98. The van der Waals surface area contributed by atoms with Crippen molar-refractivity contribution in [1.82, 2.24) is 0 Å². The summed E-state index contributed by atoms with van der Waals surface area (Å²) in [6.45, 7) is 1.42. The highest BCUT2D eigenvalue weighted by Gasteiger charge is 2.16. The number of nitro benzene ring substituents is 1. The Morgan fingerprint density at radius 2 is 1.62 bits per heavy atom. The van der Waals surface area contributed by atoms with Crippen LogP contribution in [0.3, 0.4) is 0 Å². The van der Waals surface area contributed by atoms with Gasteiger partial charge in [-0.2, -0.15) is 0 Å². The highest BCUT2D eigenvalue weighted by Crippen LogP contribution is 2.21. The molecular weight excluding hydrogens is 334 g/mol. The van der Waals surface area contributed by atoms with Crippen LogP contribution in [-0.2, 0) is 14.8 Å². The zero-order valence-corrected chi connectivity index (χ0v) is 13.8. The third-order valence-electron chi connectivity index (χ3n) is 3.34. The lowest BCUT2D eigenvalue weighted by molar-refractivity contribution is -0.384. The molecule has 2 aromatic carbocycles. The standard InChI is InChI=1S/C15H15N3O5S/c1-11(19)17(2)13-5-3-12(4-6-13)16-24(22,23)15-9-7-14(8-10-15)18(20)21/h3-10,16H,1-2H3. The Morgan fingerprint density at radius 3 is 2.08 bits per heavy atom. The van der Waals surface area contributed by atoms with Gasteiger partial charge in [0.15, 0.2) is 0 Å². The van der Waals surface area contributed by atoms with Crippen LogP contribution in [0.15, 0.2) is 53.4 Å². The van der Waals surface area contributed by atoms with Gasteiger partial charge in [-0.25, -0.2) is 8.42 Å².